The van der Waals surface area contributed by atoms with Crippen molar-refractivity contribution in [3.8, 4) is 17.6 Å². The van der Waals surface area contributed by atoms with E-state index in [1.165, 1.54) is 4.31 Å². The third-order valence-electron chi connectivity index (χ3n) is 5.06. The fraction of sp³-hybridized carbons (Fsp3) is 0.571. The number of rotatable bonds is 9. The molecule has 0 spiro atoms. The number of methoxy groups -OCH3 is 1. The van der Waals surface area contributed by atoms with Gasteiger partial charge in [-0.05, 0) is 18.6 Å². The number of aliphatic hydroxyl groups is 1. The predicted molar refractivity (Wildman–Crippen MR) is 117 cm³/mol. The molecule has 1 saturated heterocycles. The lowest BCUT2D eigenvalue weighted by Crippen LogP contribution is -2.55. The topological polar surface area (TPSA) is 113 Å². The number of anilines is 1. The Bertz CT molecular complexity index is 885. The summed E-state index contributed by atoms with van der Waals surface area (Å²) >= 11 is 0. The molecule has 8 nitrogen and oxygen atoms in total. The minimum atomic E-state index is -3.93. The molecule has 166 valence electrons. The van der Waals surface area contributed by atoms with Crippen molar-refractivity contribution < 1.29 is 23.1 Å². The van der Waals surface area contributed by atoms with Crippen LogP contribution in [0.2, 0.25) is 0 Å². The van der Waals surface area contributed by atoms with Gasteiger partial charge in [-0.3, -0.25) is 4.79 Å². The van der Waals surface area contributed by atoms with E-state index in [1.807, 2.05) is 36.1 Å². The smallest absolute Gasteiger partial charge is 0.263 e. The Morgan fingerprint density at radius 1 is 1.23 bits per heavy atom. The molecule has 0 aliphatic carbocycles. The van der Waals surface area contributed by atoms with E-state index in [0.717, 1.165) is 30.7 Å². The van der Waals surface area contributed by atoms with Crippen LogP contribution in [0, 0.1) is 11.8 Å². The highest BCUT2D eigenvalue weighted by Crippen LogP contribution is 2.29. The van der Waals surface area contributed by atoms with Crippen molar-refractivity contribution in [2.45, 2.75) is 38.2 Å². The molecule has 1 heterocycles. The summed E-state index contributed by atoms with van der Waals surface area (Å²) in [5.74, 6) is 3.82. The minimum absolute atomic E-state index is 0.221. The van der Waals surface area contributed by atoms with E-state index in [9.17, 15) is 18.3 Å². The van der Waals surface area contributed by atoms with Crippen LogP contribution in [0.3, 0.4) is 0 Å². The van der Waals surface area contributed by atoms with Crippen LogP contribution in [0.5, 0.6) is 5.75 Å². The van der Waals surface area contributed by atoms with Crippen LogP contribution < -0.4 is 15.4 Å². The first-order valence-corrected chi connectivity index (χ1v) is 11.7. The van der Waals surface area contributed by atoms with Crippen molar-refractivity contribution >= 4 is 21.6 Å². The molecule has 9 heteroatoms. The standard InChI is InChI=1S/C21H31N3O5S/c1-3-4-5-6-9-12-21(26,20(22)25)17-30(27,28)24-15-13-23(14-16-24)18-10-7-8-11-19(18)29-2/h7-8,10-11,26H,3-6,13-17H2,1-2H3,(H2,22,25). The lowest BCUT2D eigenvalue weighted by Gasteiger charge is -2.36. The van der Waals surface area contributed by atoms with Crippen molar-refractivity contribution in [1.29, 1.82) is 0 Å². The van der Waals surface area contributed by atoms with Crippen LogP contribution in [-0.4, -0.2) is 68.4 Å². The third-order valence-corrected chi connectivity index (χ3v) is 6.99. The number of hydrogen-bond acceptors (Lipinski definition) is 6. The number of para-hydroxylation sites is 2. The molecule has 2 rings (SSSR count). The molecule has 0 bridgehead atoms. The van der Waals surface area contributed by atoms with Gasteiger partial charge >= 0.3 is 0 Å². The van der Waals surface area contributed by atoms with Crippen LogP contribution >= 0.6 is 0 Å². The summed E-state index contributed by atoms with van der Waals surface area (Å²) in [6, 6.07) is 7.54. The van der Waals surface area contributed by atoms with Crippen molar-refractivity contribution in [3.05, 3.63) is 24.3 Å². The van der Waals surface area contributed by atoms with Crippen LogP contribution in [0.1, 0.15) is 32.6 Å². The Labute approximate surface area is 179 Å². The number of primary amides is 1. The van der Waals surface area contributed by atoms with E-state index in [4.69, 9.17) is 10.5 Å². The van der Waals surface area contributed by atoms with Crippen molar-refractivity contribution in [1.82, 2.24) is 4.31 Å². The summed E-state index contributed by atoms with van der Waals surface area (Å²) in [7, 11) is -2.34. The number of ether oxygens (including phenoxy) is 1. The molecular formula is C21H31N3O5S. The van der Waals surface area contributed by atoms with Gasteiger partial charge in [0.2, 0.25) is 15.6 Å². The molecule has 30 heavy (non-hydrogen) atoms. The van der Waals surface area contributed by atoms with E-state index in [-0.39, 0.29) is 13.1 Å². The van der Waals surface area contributed by atoms with Crippen molar-refractivity contribution in [2.75, 3.05) is 43.9 Å². The number of hydrogen-bond donors (Lipinski definition) is 2. The highest BCUT2D eigenvalue weighted by Gasteiger charge is 2.41. The Hall–Kier alpha value is -2.28. The molecular weight excluding hydrogens is 406 g/mol. The summed E-state index contributed by atoms with van der Waals surface area (Å²) in [6.07, 6.45) is 3.27. The quantitative estimate of drug-likeness (QED) is 0.439. The Kier molecular flexibility index (Phi) is 8.53. The number of amides is 1. The number of nitrogens with two attached hydrogens (primary N) is 1. The zero-order valence-electron chi connectivity index (χ0n) is 17.6. The van der Waals surface area contributed by atoms with Crippen LogP contribution in [0.4, 0.5) is 5.69 Å². The number of piperazine rings is 1. The van der Waals surface area contributed by atoms with Crippen LogP contribution in [0.25, 0.3) is 0 Å². The number of benzene rings is 1. The Morgan fingerprint density at radius 3 is 2.50 bits per heavy atom. The molecule has 1 fully saturated rings. The number of sulfonamides is 1. The van der Waals surface area contributed by atoms with Gasteiger partial charge in [0.1, 0.15) is 11.5 Å². The minimum Gasteiger partial charge on any atom is -0.495 e. The largest absolute Gasteiger partial charge is 0.495 e. The van der Waals surface area contributed by atoms with Gasteiger partial charge in [-0.25, -0.2) is 8.42 Å². The summed E-state index contributed by atoms with van der Waals surface area (Å²) in [4.78, 5) is 13.8. The second kappa shape index (κ2) is 10.7. The van der Waals surface area contributed by atoms with Gasteiger partial charge in [-0.1, -0.05) is 43.7 Å². The highest BCUT2D eigenvalue weighted by molar-refractivity contribution is 7.89. The molecule has 1 aromatic rings. The second-order valence-electron chi connectivity index (χ2n) is 7.30. The number of unbranched alkanes of at least 4 members (excludes halogenated alkanes) is 3. The molecule has 0 saturated carbocycles. The summed E-state index contributed by atoms with van der Waals surface area (Å²) < 4.78 is 32.4. The Morgan fingerprint density at radius 2 is 1.90 bits per heavy atom. The second-order valence-corrected chi connectivity index (χ2v) is 9.27. The van der Waals surface area contributed by atoms with Gasteiger partial charge in [-0.15, -0.1) is 0 Å². The fourth-order valence-corrected chi connectivity index (χ4v) is 4.94. The first kappa shape index (κ1) is 24.0. The number of carbonyl (C=O) groups is 1. The van der Waals surface area contributed by atoms with E-state index >= 15 is 0 Å². The first-order chi connectivity index (χ1) is 14.2. The van der Waals surface area contributed by atoms with Gasteiger partial charge in [0.25, 0.3) is 5.91 Å². The zero-order valence-corrected chi connectivity index (χ0v) is 18.5. The highest BCUT2D eigenvalue weighted by atomic mass is 32.2. The monoisotopic (exact) mass is 437 g/mol. The molecule has 1 amide bonds. The molecule has 1 unspecified atom stereocenters. The molecule has 0 aromatic heterocycles. The summed E-state index contributed by atoms with van der Waals surface area (Å²) in [5.41, 5.74) is 3.78. The van der Waals surface area contributed by atoms with E-state index in [1.54, 1.807) is 7.11 Å². The van der Waals surface area contributed by atoms with Crippen LogP contribution in [-0.2, 0) is 14.8 Å². The lowest BCUT2D eigenvalue weighted by molar-refractivity contribution is -0.129. The normalized spacial score (nSPS) is 17.0. The van der Waals surface area contributed by atoms with E-state index in [0.29, 0.717) is 19.5 Å². The number of carbonyl (C=O) groups excluding carboxylic acids is 1. The zero-order chi connectivity index (χ0) is 22.2. The predicted octanol–water partition coefficient (Wildman–Crippen LogP) is 0.947. The summed E-state index contributed by atoms with van der Waals surface area (Å²) in [5, 5.41) is 10.5. The maximum absolute atomic E-state index is 12.9. The SMILES string of the molecule is CCCCCC#CC(O)(CS(=O)(=O)N1CCN(c2ccccc2OC)CC1)C(N)=O. The van der Waals surface area contributed by atoms with Gasteiger partial charge in [0, 0.05) is 32.6 Å². The van der Waals surface area contributed by atoms with E-state index < -0.39 is 27.3 Å². The molecule has 1 aliphatic heterocycles. The van der Waals surface area contributed by atoms with Crippen molar-refractivity contribution in [2.24, 2.45) is 5.73 Å². The lowest BCUT2D eigenvalue weighted by atomic mass is 10.1. The maximum Gasteiger partial charge on any atom is 0.263 e. The molecule has 1 aliphatic rings. The van der Waals surface area contributed by atoms with Crippen LogP contribution in [0.15, 0.2) is 24.3 Å². The first-order valence-electron chi connectivity index (χ1n) is 10.1. The summed E-state index contributed by atoms with van der Waals surface area (Å²) in [6.45, 7) is 3.40. The van der Waals surface area contributed by atoms with Crippen molar-refractivity contribution in [3.63, 3.8) is 0 Å². The Balaban J connectivity index is 2.05. The third kappa shape index (κ3) is 6.11. The van der Waals surface area contributed by atoms with Gasteiger partial charge in [0.15, 0.2) is 0 Å². The molecule has 3 N–H and O–H groups in total. The average molecular weight is 438 g/mol. The molecule has 1 atom stereocenters. The van der Waals surface area contributed by atoms with Gasteiger partial charge in [0.05, 0.1) is 12.8 Å². The fourth-order valence-electron chi connectivity index (χ4n) is 3.29. The van der Waals surface area contributed by atoms with Gasteiger partial charge < -0.3 is 20.5 Å². The number of nitrogens with zero attached hydrogens (tertiary/aromatic N) is 2. The van der Waals surface area contributed by atoms with E-state index in [2.05, 4.69) is 11.8 Å². The molecule has 1 aromatic carbocycles. The average Bonchev–Trinajstić information content (AvgIpc) is 2.73. The molecule has 0 radical (unpaired) electrons. The maximum atomic E-state index is 12.9. The van der Waals surface area contributed by atoms with Gasteiger partial charge in [-0.2, -0.15) is 4.31 Å².